The lowest BCUT2D eigenvalue weighted by molar-refractivity contribution is 0.102. The number of hydrogen-bond donors (Lipinski definition) is 1. The topological polar surface area (TPSA) is 66.5 Å². The first-order valence-electron chi connectivity index (χ1n) is 8.91. The molecule has 0 fully saturated rings. The van der Waals surface area contributed by atoms with Gasteiger partial charge >= 0.3 is 0 Å². The second-order valence-electron chi connectivity index (χ2n) is 6.73. The molecule has 150 valence electrons. The van der Waals surface area contributed by atoms with Crippen LogP contribution in [0.2, 0.25) is 5.02 Å². The zero-order valence-corrected chi connectivity index (χ0v) is 17.9. The van der Waals surface area contributed by atoms with Crippen molar-refractivity contribution in [1.29, 1.82) is 0 Å². The van der Waals surface area contributed by atoms with Gasteiger partial charge in [0.2, 0.25) is 0 Å². The zero-order valence-electron chi connectivity index (χ0n) is 16.3. The van der Waals surface area contributed by atoms with Gasteiger partial charge in [-0.2, -0.15) is 0 Å². The van der Waals surface area contributed by atoms with Crippen LogP contribution in [-0.4, -0.2) is 21.4 Å². The molecular weight excluding hydrogens is 408 g/mol. The summed E-state index contributed by atoms with van der Waals surface area (Å²) >= 11 is 5.83. The maximum Gasteiger partial charge on any atom is 0.264 e. The standard InChI is InChI=1S/C22H21ClN2O3S/c1-15-4-9-19(14-16(15)2)24-22(26)17-5-10-20(11-6-17)25(3)29(27,28)21-12-7-18(23)8-13-21/h4-14H,1-3H3,(H,24,26). The Labute approximate surface area is 176 Å². The molecule has 0 aliphatic carbocycles. The molecule has 3 aromatic carbocycles. The number of aryl methyl sites for hydroxylation is 2. The molecule has 29 heavy (non-hydrogen) atoms. The van der Waals surface area contributed by atoms with Crippen LogP contribution < -0.4 is 9.62 Å². The summed E-state index contributed by atoms with van der Waals surface area (Å²) in [5, 5.41) is 3.32. The van der Waals surface area contributed by atoms with Crippen molar-refractivity contribution in [3.05, 3.63) is 88.4 Å². The Bertz CT molecular complexity index is 1140. The van der Waals surface area contributed by atoms with Gasteiger partial charge in [0.1, 0.15) is 0 Å². The largest absolute Gasteiger partial charge is 0.322 e. The summed E-state index contributed by atoms with van der Waals surface area (Å²) in [6.45, 7) is 3.99. The van der Waals surface area contributed by atoms with E-state index < -0.39 is 10.0 Å². The number of rotatable bonds is 5. The Morgan fingerprint density at radius 2 is 1.52 bits per heavy atom. The van der Waals surface area contributed by atoms with Crippen molar-refractivity contribution < 1.29 is 13.2 Å². The van der Waals surface area contributed by atoms with Gasteiger partial charge in [-0.25, -0.2) is 8.42 Å². The van der Waals surface area contributed by atoms with Crippen LogP contribution in [0.3, 0.4) is 0 Å². The molecule has 0 spiro atoms. The third kappa shape index (κ3) is 4.60. The van der Waals surface area contributed by atoms with Gasteiger partial charge in [0, 0.05) is 23.3 Å². The Balaban J connectivity index is 1.77. The first-order valence-corrected chi connectivity index (χ1v) is 10.7. The predicted molar refractivity (Wildman–Crippen MR) is 117 cm³/mol. The number of halogens is 1. The second-order valence-corrected chi connectivity index (χ2v) is 9.13. The third-order valence-electron chi connectivity index (χ3n) is 4.73. The summed E-state index contributed by atoms with van der Waals surface area (Å²) in [6.07, 6.45) is 0. The summed E-state index contributed by atoms with van der Waals surface area (Å²) in [5.41, 5.74) is 3.83. The highest BCUT2D eigenvalue weighted by molar-refractivity contribution is 7.92. The molecule has 0 radical (unpaired) electrons. The van der Waals surface area contributed by atoms with Crippen LogP contribution in [0.15, 0.2) is 71.6 Å². The third-order valence-corrected chi connectivity index (χ3v) is 6.78. The molecule has 5 nitrogen and oxygen atoms in total. The van der Waals surface area contributed by atoms with Crippen LogP contribution in [0, 0.1) is 13.8 Å². The Morgan fingerprint density at radius 3 is 2.10 bits per heavy atom. The fraction of sp³-hybridized carbons (Fsp3) is 0.136. The van der Waals surface area contributed by atoms with Gasteiger partial charge in [-0.3, -0.25) is 9.10 Å². The number of anilines is 2. The van der Waals surface area contributed by atoms with Crippen molar-refractivity contribution in [2.75, 3.05) is 16.7 Å². The minimum Gasteiger partial charge on any atom is -0.322 e. The van der Waals surface area contributed by atoms with Gasteiger partial charge < -0.3 is 5.32 Å². The number of carbonyl (C=O) groups excluding carboxylic acids is 1. The van der Waals surface area contributed by atoms with E-state index in [1.807, 2.05) is 32.0 Å². The number of hydrogen-bond acceptors (Lipinski definition) is 3. The molecule has 1 N–H and O–H groups in total. The van der Waals surface area contributed by atoms with Crippen molar-refractivity contribution in [3.8, 4) is 0 Å². The summed E-state index contributed by atoms with van der Waals surface area (Å²) in [7, 11) is -2.26. The van der Waals surface area contributed by atoms with E-state index in [2.05, 4.69) is 5.32 Å². The quantitative estimate of drug-likeness (QED) is 0.619. The highest BCUT2D eigenvalue weighted by atomic mass is 35.5. The highest BCUT2D eigenvalue weighted by Crippen LogP contribution is 2.24. The molecule has 0 saturated heterocycles. The average molecular weight is 429 g/mol. The van der Waals surface area contributed by atoms with Gasteiger partial charge in [-0.15, -0.1) is 0 Å². The molecule has 3 aromatic rings. The fourth-order valence-corrected chi connectivity index (χ4v) is 4.07. The molecular formula is C22H21ClN2O3S. The van der Waals surface area contributed by atoms with Crippen LogP contribution in [0.25, 0.3) is 0 Å². The van der Waals surface area contributed by atoms with Crippen LogP contribution in [0.4, 0.5) is 11.4 Å². The van der Waals surface area contributed by atoms with Crippen molar-refractivity contribution in [3.63, 3.8) is 0 Å². The van der Waals surface area contributed by atoms with E-state index in [4.69, 9.17) is 11.6 Å². The SMILES string of the molecule is Cc1ccc(NC(=O)c2ccc(N(C)S(=O)(=O)c3ccc(Cl)cc3)cc2)cc1C. The smallest absolute Gasteiger partial charge is 0.264 e. The van der Waals surface area contributed by atoms with Crippen LogP contribution in [0.5, 0.6) is 0 Å². The number of amides is 1. The Hall–Kier alpha value is -2.83. The molecule has 1 amide bonds. The molecule has 0 aromatic heterocycles. The van der Waals surface area contributed by atoms with Gasteiger partial charge in [-0.1, -0.05) is 17.7 Å². The van der Waals surface area contributed by atoms with Crippen LogP contribution in [-0.2, 0) is 10.0 Å². The van der Waals surface area contributed by atoms with Crippen LogP contribution in [0.1, 0.15) is 21.5 Å². The second kappa shape index (κ2) is 8.27. The number of nitrogens with one attached hydrogen (secondary N) is 1. The summed E-state index contributed by atoms with van der Waals surface area (Å²) < 4.78 is 26.7. The van der Waals surface area contributed by atoms with E-state index in [1.165, 1.54) is 35.6 Å². The lowest BCUT2D eigenvalue weighted by Gasteiger charge is -2.20. The molecule has 0 unspecified atom stereocenters. The van der Waals surface area contributed by atoms with E-state index in [0.29, 0.717) is 22.0 Å². The van der Waals surface area contributed by atoms with E-state index in [0.717, 1.165) is 11.1 Å². The molecule has 0 saturated carbocycles. The Morgan fingerprint density at radius 1 is 0.897 bits per heavy atom. The number of nitrogens with zero attached hydrogens (tertiary/aromatic N) is 1. The van der Waals surface area contributed by atoms with Crippen molar-refractivity contribution in [1.82, 2.24) is 0 Å². The summed E-state index contributed by atoms with van der Waals surface area (Å²) in [6, 6.07) is 18.1. The molecule has 0 aliphatic heterocycles. The molecule has 0 aliphatic rings. The molecule has 7 heteroatoms. The van der Waals surface area contributed by atoms with E-state index in [9.17, 15) is 13.2 Å². The number of carbonyl (C=O) groups is 1. The molecule has 3 rings (SSSR count). The predicted octanol–water partition coefficient (Wildman–Crippen LogP) is 5.03. The molecule has 0 bridgehead atoms. The molecule has 0 heterocycles. The first kappa shape index (κ1) is 20.9. The van der Waals surface area contributed by atoms with Gasteiger partial charge in [-0.05, 0) is 85.6 Å². The molecule has 0 atom stereocenters. The minimum absolute atomic E-state index is 0.140. The highest BCUT2D eigenvalue weighted by Gasteiger charge is 2.21. The van der Waals surface area contributed by atoms with E-state index in [1.54, 1.807) is 24.3 Å². The van der Waals surface area contributed by atoms with Crippen molar-refractivity contribution >= 4 is 38.9 Å². The van der Waals surface area contributed by atoms with E-state index >= 15 is 0 Å². The van der Waals surface area contributed by atoms with Crippen molar-refractivity contribution in [2.24, 2.45) is 0 Å². The van der Waals surface area contributed by atoms with E-state index in [-0.39, 0.29) is 10.8 Å². The lowest BCUT2D eigenvalue weighted by atomic mass is 10.1. The average Bonchev–Trinajstić information content (AvgIpc) is 2.70. The maximum absolute atomic E-state index is 12.8. The maximum atomic E-state index is 12.8. The van der Waals surface area contributed by atoms with Gasteiger partial charge in [0.05, 0.1) is 10.6 Å². The fourth-order valence-electron chi connectivity index (χ4n) is 2.75. The summed E-state index contributed by atoms with van der Waals surface area (Å²) in [4.78, 5) is 12.6. The van der Waals surface area contributed by atoms with Gasteiger partial charge in [0.15, 0.2) is 0 Å². The van der Waals surface area contributed by atoms with Gasteiger partial charge in [0.25, 0.3) is 15.9 Å². The lowest BCUT2D eigenvalue weighted by Crippen LogP contribution is -2.26. The monoisotopic (exact) mass is 428 g/mol. The number of sulfonamides is 1. The van der Waals surface area contributed by atoms with Crippen LogP contribution >= 0.6 is 11.6 Å². The zero-order chi connectivity index (χ0) is 21.2. The van der Waals surface area contributed by atoms with Crippen molar-refractivity contribution in [2.45, 2.75) is 18.7 Å². The minimum atomic E-state index is -3.73. The summed E-state index contributed by atoms with van der Waals surface area (Å²) in [5.74, 6) is -0.261. The Kier molecular flexibility index (Phi) is 5.96. The first-order chi connectivity index (χ1) is 13.7. The normalized spacial score (nSPS) is 11.2. The number of benzene rings is 3.